The molecular formula is C21H21ClF2O4. The van der Waals surface area contributed by atoms with Gasteiger partial charge in [0, 0.05) is 17.0 Å². The molecule has 1 unspecified atom stereocenters. The van der Waals surface area contributed by atoms with Gasteiger partial charge in [0.15, 0.2) is 17.4 Å². The number of halogens is 3. The van der Waals surface area contributed by atoms with E-state index in [0.717, 1.165) is 17.7 Å². The Morgan fingerprint density at radius 2 is 1.93 bits per heavy atom. The molecule has 1 heterocycles. The molecule has 4 nitrogen and oxygen atoms in total. The van der Waals surface area contributed by atoms with Crippen molar-refractivity contribution in [3.63, 3.8) is 0 Å². The van der Waals surface area contributed by atoms with Crippen molar-refractivity contribution in [1.29, 1.82) is 0 Å². The molecule has 0 bridgehead atoms. The number of carbonyl (C=O) groups is 1. The van der Waals surface area contributed by atoms with Gasteiger partial charge < -0.3 is 14.6 Å². The second-order valence-corrected chi connectivity index (χ2v) is 8.13. The van der Waals surface area contributed by atoms with Crippen molar-refractivity contribution in [3.05, 3.63) is 57.6 Å². The fourth-order valence-electron chi connectivity index (χ4n) is 3.38. The number of rotatable bonds is 6. The Morgan fingerprint density at radius 1 is 1.29 bits per heavy atom. The Kier molecular flexibility index (Phi) is 5.53. The Bertz CT molecular complexity index is 904. The van der Waals surface area contributed by atoms with Gasteiger partial charge in [-0.3, -0.25) is 4.79 Å². The highest BCUT2D eigenvalue weighted by Crippen LogP contribution is 2.40. The van der Waals surface area contributed by atoms with Crippen LogP contribution in [0.2, 0.25) is 5.02 Å². The molecule has 0 saturated heterocycles. The zero-order chi connectivity index (χ0) is 20.6. The number of benzene rings is 2. The van der Waals surface area contributed by atoms with Crippen LogP contribution in [0.25, 0.3) is 0 Å². The van der Waals surface area contributed by atoms with Crippen molar-refractivity contribution in [2.45, 2.75) is 51.7 Å². The van der Waals surface area contributed by atoms with E-state index in [9.17, 15) is 13.6 Å². The summed E-state index contributed by atoms with van der Waals surface area (Å²) in [5.74, 6) is -3.22. The topological polar surface area (TPSA) is 55.8 Å². The minimum atomic E-state index is -1.04. The Hall–Kier alpha value is -2.34. The molecule has 28 heavy (non-hydrogen) atoms. The largest absolute Gasteiger partial charge is 0.487 e. The van der Waals surface area contributed by atoms with Crippen molar-refractivity contribution < 1.29 is 28.2 Å². The van der Waals surface area contributed by atoms with Gasteiger partial charge in [-0.25, -0.2) is 8.78 Å². The molecule has 0 aliphatic carbocycles. The monoisotopic (exact) mass is 410 g/mol. The molecule has 2 aromatic rings. The number of hydrogen-bond acceptors (Lipinski definition) is 3. The van der Waals surface area contributed by atoms with Crippen molar-refractivity contribution in [1.82, 2.24) is 0 Å². The lowest BCUT2D eigenvalue weighted by Crippen LogP contribution is -2.25. The van der Waals surface area contributed by atoms with Gasteiger partial charge in [0.25, 0.3) is 0 Å². The summed E-state index contributed by atoms with van der Waals surface area (Å²) in [7, 11) is 0. The second-order valence-electron chi connectivity index (χ2n) is 7.69. The smallest absolute Gasteiger partial charge is 0.303 e. The molecule has 1 aliphatic rings. The van der Waals surface area contributed by atoms with Crippen molar-refractivity contribution in [2.24, 2.45) is 0 Å². The lowest BCUT2D eigenvalue weighted by atomic mass is 9.97. The lowest BCUT2D eigenvalue weighted by molar-refractivity contribution is -0.137. The summed E-state index contributed by atoms with van der Waals surface area (Å²) in [5.41, 5.74) is 1.41. The van der Waals surface area contributed by atoms with Gasteiger partial charge in [0.1, 0.15) is 18.0 Å². The maximum Gasteiger partial charge on any atom is 0.303 e. The van der Waals surface area contributed by atoms with Crippen LogP contribution >= 0.6 is 11.6 Å². The summed E-state index contributed by atoms with van der Waals surface area (Å²) >= 11 is 6.16. The number of fused-ring (bicyclic) bond motifs is 1. The molecule has 7 heteroatoms. The summed E-state index contributed by atoms with van der Waals surface area (Å²) in [6, 6.07) is 5.68. The van der Waals surface area contributed by atoms with Gasteiger partial charge in [-0.2, -0.15) is 0 Å². The van der Waals surface area contributed by atoms with Crippen LogP contribution in [0.5, 0.6) is 11.5 Å². The molecular weight excluding hydrogens is 390 g/mol. The van der Waals surface area contributed by atoms with Crippen LogP contribution in [-0.2, 0) is 17.8 Å². The summed E-state index contributed by atoms with van der Waals surface area (Å²) < 4.78 is 40.2. The van der Waals surface area contributed by atoms with Crippen molar-refractivity contribution >= 4 is 17.6 Å². The number of hydrogen-bond donors (Lipinski definition) is 1. The minimum Gasteiger partial charge on any atom is -0.487 e. The Morgan fingerprint density at radius 3 is 2.54 bits per heavy atom. The highest BCUT2D eigenvalue weighted by Gasteiger charge is 2.32. The van der Waals surface area contributed by atoms with Crippen molar-refractivity contribution in [2.75, 3.05) is 0 Å². The standard InChI is InChI=1S/C21H21ClF2O4/c1-11(4-18(25)26)12-7-16(23)20(17(24)8-12)27-10-14-6-15(22)5-13-9-21(2,3)28-19(13)14/h5-8,11H,4,9-10H2,1-3H3,(H,25,26). The molecule has 0 aromatic heterocycles. The molecule has 0 saturated carbocycles. The molecule has 0 spiro atoms. The average molecular weight is 411 g/mol. The van der Waals surface area contributed by atoms with E-state index in [-0.39, 0.29) is 24.2 Å². The number of carboxylic acids is 1. The first kappa shape index (κ1) is 20.4. The van der Waals surface area contributed by atoms with E-state index >= 15 is 0 Å². The third-order valence-electron chi connectivity index (χ3n) is 4.64. The lowest BCUT2D eigenvalue weighted by Gasteiger charge is -2.18. The third kappa shape index (κ3) is 4.38. The molecule has 150 valence electrons. The molecule has 1 N–H and O–H groups in total. The second kappa shape index (κ2) is 7.59. The van der Waals surface area contributed by atoms with Crippen molar-refractivity contribution in [3.8, 4) is 11.5 Å². The summed E-state index contributed by atoms with van der Waals surface area (Å²) in [6.45, 7) is 5.37. The third-order valence-corrected chi connectivity index (χ3v) is 4.86. The zero-order valence-electron chi connectivity index (χ0n) is 15.8. The number of carboxylic acid groups (broad SMARTS) is 1. The fourth-order valence-corrected chi connectivity index (χ4v) is 3.65. The molecule has 3 rings (SSSR count). The highest BCUT2D eigenvalue weighted by atomic mass is 35.5. The first-order valence-corrected chi connectivity index (χ1v) is 9.27. The Balaban J connectivity index is 1.82. The summed E-state index contributed by atoms with van der Waals surface area (Å²) in [6.07, 6.45) is 0.454. The predicted molar refractivity (Wildman–Crippen MR) is 101 cm³/mol. The van der Waals surface area contributed by atoms with Crippen LogP contribution in [0.3, 0.4) is 0 Å². The van der Waals surface area contributed by atoms with Gasteiger partial charge >= 0.3 is 5.97 Å². The quantitative estimate of drug-likeness (QED) is 0.684. The summed E-state index contributed by atoms with van der Waals surface area (Å²) in [5, 5.41) is 9.35. The van der Waals surface area contributed by atoms with Gasteiger partial charge in [0.2, 0.25) is 0 Å². The molecule has 0 amide bonds. The van der Waals surface area contributed by atoms with Gasteiger partial charge in [0.05, 0.1) is 6.42 Å². The van der Waals surface area contributed by atoms with E-state index in [4.69, 9.17) is 26.2 Å². The number of ether oxygens (including phenoxy) is 2. The number of aliphatic carboxylic acids is 1. The predicted octanol–water partition coefficient (Wildman–Crippen LogP) is 5.49. The van der Waals surface area contributed by atoms with Crippen LogP contribution in [0.15, 0.2) is 24.3 Å². The molecule has 0 fully saturated rings. The van der Waals surface area contributed by atoms with Crippen LogP contribution in [-0.4, -0.2) is 16.7 Å². The van der Waals surface area contributed by atoms with E-state index in [1.54, 1.807) is 13.0 Å². The van der Waals surface area contributed by atoms with Crippen LogP contribution in [0.4, 0.5) is 8.78 Å². The average Bonchev–Trinajstić information content (AvgIpc) is 2.86. The fraction of sp³-hybridized carbons (Fsp3) is 0.381. The van der Waals surface area contributed by atoms with E-state index in [0.29, 0.717) is 22.8 Å². The Labute approximate surface area is 167 Å². The molecule has 0 radical (unpaired) electrons. The van der Waals surface area contributed by atoms with Crippen LogP contribution in [0.1, 0.15) is 49.8 Å². The van der Waals surface area contributed by atoms with E-state index in [1.807, 2.05) is 19.9 Å². The molecule has 1 atom stereocenters. The first-order valence-electron chi connectivity index (χ1n) is 8.89. The van der Waals surface area contributed by atoms with Gasteiger partial charge in [-0.05, 0) is 55.2 Å². The maximum absolute atomic E-state index is 14.4. The SMILES string of the molecule is CC(CC(=O)O)c1cc(F)c(OCc2cc(Cl)cc3c2OC(C)(C)C3)c(F)c1. The van der Waals surface area contributed by atoms with Gasteiger partial charge in [-0.15, -0.1) is 0 Å². The first-order chi connectivity index (χ1) is 13.1. The minimum absolute atomic E-state index is 0.114. The van der Waals surface area contributed by atoms with Crippen LogP contribution < -0.4 is 9.47 Å². The van der Waals surface area contributed by atoms with E-state index in [1.165, 1.54) is 0 Å². The van der Waals surface area contributed by atoms with E-state index in [2.05, 4.69) is 0 Å². The maximum atomic E-state index is 14.4. The highest BCUT2D eigenvalue weighted by molar-refractivity contribution is 6.30. The molecule has 2 aromatic carbocycles. The zero-order valence-corrected chi connectivity index (χ0v) is 16.6. The van der Waals surface area contributed by atoms with E-state index < -0.39 is 29.3 Å². The van der Waals surface area contributed by atoms with Crippen LogP contribution in [0, 0.1) is 11.6 Å². The van der Waals surface area contributed by atoms with Gasteiger partial charge in [-0.1, -0.05) is 18.5 Å². The molecule has 1 aliphatic heterocycles. The summed E-state index contributed by atoms with van der Waals surface area (Å²) in [4.78, 5) is 10.8. The normalized spacial score (nSPS) is 15.6.